The summed E-state index contributed by atoms with van der Waals surface area (Å²) in [4.78, 5) is 2.43. The lowest BCUT2D eigenvalue weighted by Crippen LogP contribution is -2.36. The van der Waals surface area contributed by atoms with E-state index >= 15 is 0 Å². The Hall–Kier alpha value is -0.560. The molecule has 0 bridgehead atoms. The van der Waals surface area contributed by atoms with Gasteiger partial charge in [-0.1, -0.05) is 5.92 Å². The zero-order chi connectivity index (χ0) is 10.2. The maximum absolute atomic E-state index is 5.57. The number of hydrogen-bond acceptors (Lipinski definition) is 3. The van der Waals surface area contributed by atoms with Crippen LogP contribution in [0.3, 0.4) is 0 Å². The maximum atomic E-state index is 5.57. The van der Waals surface area contributed by atoms with Crippen molar-refractivity contribution in [1.29, 1.82) is 0 Å². The Labute approximate surface area is 86.8 Å². The zero-order valence-corrected chi connectivity index (χ0v) is 8.96. The second kappa shape index (κ2) is 6.83. The number of hydrogen-bond donors (Lipinski definition) is 1. The van der Waals surface area contributed by atoms with Crippen LogP contribution in [0.1, 0.15) is 13.3 Å². The van der Waals surface area contributed by atoms with E-state index in [9.17, 15) is 0 Å². The molecule has 0 spiro atoms. The second-order valence-electron chi connectivity index (χ2n) is 3.72. The Morgan fingerprint density at radius 2 is 2.50 bits per heavy atom. The molecule has 3 nitrogen and oxygen atoms in total. The van der Waals surface area contributed by atoms with E-state index in [1.807, 2.05) is 0 Å². The van der Waals surface area contributed by atoms with Crippen molar-refractivity contribution in [3.8, 4) is 12.3 Å². The molecule has 1 heterocycles. The molecule has 1 N–H and O–H groups in total. The first-order valence-corrected chi connectivity index (χ1v) is 5.31. The zero-order valence-electron chi connectivity index (χ0n) is 8.96. The van der Waals surface area contributed by atoms with Crippen LogP contribution in [0.2, 0.25) is 0 Å². The minimum absolute atomic E-state index is 0.366. The first-order chi connectivity index (χ1) is 6.83. The van der Waals surface area contributed by atoms with E-state index in [0.29, 0.717) is 12.6 Å². The van der Waals surface area contributed by atoms with Gasteiger partial charge in [0.25, 0.3) is 0 Å². The molecule has 0 aromatic heterocycles. The summed E-state index contributed by atoms with van der Waals surface area (Å²) in [6.07, 6.45) is 6.65. The SMILES string of the molecule is C#CCNCCN1CCCOC(C)C1. The van der Waals surface area contributed by atoms with Gasteiger partial charge in [0, 0.05) is 32.8 Å². The molecule has 1 saturated heterocycles. The van der Waals surface area contributed by atoms with Crippen molar-refractivity contribution in [2.75, 3.05) is 39.3 Å². The topological polar surface area (TPSA) is 24.5 Å². The highest BCUT2D eigenvalue weighted by Gasteiger charge is 2.13. The van der Waals surface area contributed by atoms with Crippen LogP contribution in [-0.2, 0) is 4.74 Å². The van der Waals surface area contributed by atoms with Gasteiger partial charge in [-0.25, -0.2) is 0 Å². The van der Waals surface area contributed by atoms with Gasteiger partial charge in [-0.15, -0.1) is 6.42 Å². The maximum Gasteiger partial charge on any atom is 0.0673 e. The van der Waals surface area contributed by atoms with Crippen molar-refractivity contribution in [3.63, 3.8) is 0 Å². The van der Waals surface area contributed by atoms with Crippen LogP contribution in [0.4, 0.5) is 0 Å². The van der Waals surface area contributed by atoms with Gasteiger partial charge < -0.3 is 10.1 Å². The highest BCUT2D eigenvalue weighted by molar-refractivity contribution is 4.86. The molecule has 14 heavy (non-hydrogen) atoms. The Morgan fingerprint density at radius 3 is 3.29 bits per heavy atom. The fourth-order valence-corrected chi connectivity index (χ4v) is 1.68. The van der Waals surface area contributed by atoms with Crippen LogP contribution < -0.4 is 5.32 Å². The third-order valence-corrected chi connectivity index (χ3v) is 2.37. The van der Waals surface area contributed by atoms with Crippen LogP contribution in [0.15, 0.2) is 0 Å². The summed E-state index contributed by atoms with van der Waals surface area (Å²) >= 11 is 0. The molecule has 1 rings (SSSR count). The average Bonchev–Trinajstić information content (AvgIpc) is 2.38. The molecule has 3 heteroatoms. The van der Waals surface area contributed by atoms with Crippen LogP contribution in [0.5, 0.6) is 0 Å². The van der Waals surface area contributed by atoms with E-state index in [1.54, 1.807) is 0 Å². The predicted octanol–water partition coefficient (Wildman–Crippen LogP) is 0.320. The largest absolute Gasteiger partial charge is 0.377 e. The monoisotopic (exact) mass is 196 g/mol. The van der Waals surface area contributed by atoms with E-state index in [0.717, 1.165) is 39.2 Å². The summed E-state index contributed by atoms with van der Waals surface area (Å²) in [7, 11) is 0. The molecular weight excluding hydrogens is 176 g/mol. The molecule has 0 aliphatic carbocycles. The van der Waals surface area contributed by atoms with Gasteiger partial charge in [-0.05, 0) is 13.3 Å². The standard InChI is InChI=1S/C11H20N2O/c1-3-5-12-6-8-13-7-4-9-14-11(2)10-13/h1,11-12H,4-10H2,2H3. The van der Waals surface area contributed by atoms with Gasteiger partial charge in [0.05, 0.1) is 12.6 Å². The second-order valence-corrected chi connectivity index (χ2v) is 3.72. The molecule has 80 valence electrons. The lowest BCUT2D eigenvalue weighted by atomic mass is 10.3. The molecule has 1 atom stereocenters. The Bertz CT molecular complexity index is 188. The van der Waals surface area contributed by atoms with Crippen LogP contribution >= 0.6 is 0 Å². The van der Waals surface area contributed by atoms with Gasteiger partial charge in [0.15, 0.2) is 0 Å². The quantitative estimate of drug-likeness (QED) is 0.518. The molecule has 0 aromatic carbocycles. The third kappa shape index (κ3) is 4.61. The van der Waals surface area contributed by atoms with Crippen LogP contribution in [0.25, 0.3) is 0 Å². The molecule has 0 radical (unpaired) electrons. The van der Waals surface area contributed by atoms with Crippen molar-refractivity contribution >= 4 is 0 Å². The van der Waals surface area contributed by atoms with E-state index in [4.69, 9.17) is 11.2 Å². The summed E-state index contributed by atoms with van der Waals surface area (Å²) in [5.74, 6) is 2.57. The van der Waals surface area contributed by atoms with Crippen LogP contribution in [0, 0.1) is 12.3 Å². The van der Waals surface area contributed by atoms with Crippen molar-refractivity contribution < 1.29 is 4.74 Å². The predicted molar refractivity (Wildman–Crippen MR) is 58.2 cm³/mol. The first kappa shape index (κ1) is 11.5. The summed E-state index contributed by atoms with van der Waals surface area (Å²) < 4.78 is 5.57. The van der Waals surface area contributed by atoms with E-state index in [1.165, 1.54) is 0 Å². The summed E-state index contributed by atoms with van der Waals surface area (Å²) in [5, 5.41) is 3.20. The lowest BCUT2D eigenvalue weighted by Gasteiger charge is -2.21. The Kier molecular flexibility index (Phi) is 5.62. The van der Waals surface area contributed by atoms with E-state index in [2.05, 4.69) is 23.1 Å². The van der Waals surface area contributed by atoms with Crippen molar-refractivity contribution in [2.24, 2.45) is 0 Å². The third-order valence-electron chi connectivity index (χ3n) is 2.37. The summed E-state index contributed by atoms with van der Waals surface area (Å²) in [6.45, 7) is 7.91. The highest BCUT2D eigenvalue weighted by atomic mass is 16.5. The van der Waals surface area contributed by atoms with Crippen molar-refractivity contribution in [3.05, 3.63) is 0 Å². The van der Waals surface area contributed by atoms with E-state index < -0.39 is 0 Å². The van der Waals surface area contributed by atoms with E-state index in [-0.39, 0.29) is 0 Å². The van der Waals surface area contributed by atoms with Gasteiger partial charge in [-0.2, -0.15) is 0 Å². The molecular formula is C11H20N2O. The van der Waals surface area contributed by atoms with Crippen LogP contribution in [-0.4, -0.2) is 50.3 Å². The molecule has 0 saturated carbocycles. The highest BCUT2D eigenvalue weighted by Crippen LogP contribution is 2.03. The van der Waals surface area contributed by atoms with Crippen molar-refractivity contribution in [1.82, 2.24) is 10.2 Å². The smallest absolute Gasteiger partial charge is 0.0673 e. The number of ether oxygens (including phenoxy) is 1. The summed E-state index contributed by atoms with van der Waals surface area (Å²) in [6, 6.07) is 0. The number of terminal acetylenes is 1. The Balaban J connectivity index is 2.12. The minimum Gasteiger partial charge on any atom is -0.377 e. The molecule has 1 unspecified atom stereocenters. The van der Waals surface area contributed by atoms with Crippen molar-refractivity contribution in [2.45, 2.75) is 19.4 Å². The fourth-order valence-electron chi connectivity index (χ4n) is 1.68. The molecule has 1 aliphatic heterocycles. The number of rotatable bonds is 4. The fraction of sp³-hybridized carbons (Fsp3) is 0.818. The van der Waals surface area contributed by atoms with Gasteiger partial charge in [0.1, 0.15) is 0 Å². The molecule has 1 fully saturated rings. The molecule has 1 aliphatic rings. The molecule has 0 amide bonds. The van der Waals surface area contributed by atoms with Gasteiger partial charge >= 0.3 is 0 Å². The number of nitrogens with zero attached hydrogens (tertiary/aromatic N) is 1. The first-order valence-electron chi connectivity index (χ1n) is 5.31. The average molecular weight is 196 g/mol. The molecule has 0 aromatic rings. The lowest BCUT2D eigenvalue weighted by molar-refractivity contribution is 0.0679. The summed E-state index contributed by atoms with van der Waals surface area (Å²) in [5.41, 5.74) is 0. The minimum atomic E-state index is 0.366. The Morgan fingerprint density at radius 1 is 1.64 bits per heavy atom. The number of nitrogens with one attached hydrogen (secondary N) is 1. The normalized spacial score (nSPS) is 24.1. The van der Waals surface area contributed by atoms with Gasteiger partial charge in [0.2, 0.25) is 0 Å². The van der Waals surface area contributed by atoms with Gasteiger partial charge in [-0.3, -0.25) is 4.90 Å².